The Labute approximate surface area is 125 Å². The number of aromatic nitrogens is 2. The first-order valence-electron chi connectivity index (χ1n) is 7.65. The molecule has 1 aromatic rings. The monoisotopic (exact) mass is 292 g/mol. The molecule has 116 valence electrons. The summed E-state index contributed by atoms with van der Waals surface area (Å²) in [6.07, 6.45) is 4.88. The van der Waals surface area contributed by atoms with Gasteiger partial charge in [-0.2, -0.15) is 5.10 Å². The summed E-state index contributed by atoms with van der Waals surface area (Å²) in [5.41, 5.74) is 0.462. The third-order valence-electron chi connectivity index (χ3n) is 3.58. The van der Waals surface area contributed by atoms with Crippen LogP contribution in [0.4, 0.5) is 5.69 Å². The second-order valence-electron chi connectivity index (χ2n) is 5.96. The van der Waals surface area contributed by atoms with Gasteiger partial charge in [0.2, 0.25) is 5.91 Å². The maximum absolute atomic E-state index is 12.1. The van der Waals surface area contributed by atoms with E-state index >= 15 is 0 Å². The lowest BCUT2D eigenvalue weighted by molar-refractivity contribution is -0.133. The van der Waals surface area contributed by atoms with Crippen LogP contribution in [-0.2, 0) is 11.3 Å². The molecule has 0 saturated carbocycles. The van der Waals surface area contributed by atoms with Gasteiger partial charge >= 0.3 is 0 Å². The summed E-state index contributed by atoms with van der Waals surface area (Å²) in [5, 5.41) is 7.24. The molecule has 1 aliphatic rings. The Morgan fingerprint density at radius 3 is 2.67 bits per heavy atom. The molecule has 6 heteroatoms. The van der Waals surface area contributed by atoms with Crippen molar-refractivity contribution in [1.82, 2.24) is 14.7 Å². The number of hydrogen-bond donors (Lipinski definition) is 1. The number of carbonyl (C=O) groups is 1. The number of piperidine rings is 1. The molecule has 0 unspecified atom stereocenters. The van der Waals surface area contributed by atoms with Gasteiger partial charge in [0.15, 0.2) is 0 Å². The Bertz CT molecular complexity index is 533. The molecule has 1 fully saturated rings. The van der Waals surface area contributed by atoms with Crippen molar-refractivity contribution in [3.8, 4) is 0 Å². The van der Waals surface area contributed by atoms with Crippen molar-refractivity contribution in [2.75, 3.05) is 25.0 Å². The van der Waals surface area contributed by atoms with Crippen LogP contribution >= 0.6 is 0 Å². The van der Waals surface area contributed by atoms with Crippen molar-refractivity contribution in [2.45, 2.75) is 39.7 Å². The van der Waals surface area contributed by atoms with Crippen LogP contribution in [0.1, 0.15) is 33.1 Å². The fraction of sp³-hybridized carbons (Fsp3) is 0.667. The summed E-state index contributed by atoms with van der Waals surface area (Å²) in [6, 6.07) is 1.50. The van der Waals surface area contributed by atoms with Gasteiger partial charge in [0.05, 0.1) is 11.9 Å². The third kappa shape index (κ3) is 4.58. The molecule has 0 bridgehead atoms. The maximum Gasteiger partial charge on any atom is 0.269 e. The maximum atomic E-state index is 12.1. The van der Waals surface area contributed by atoms with Crippen molar-refractivity contribution >= 4 is 11.6 Å². The molecule has 0 aliphatic carbocycles. The number of hydrogen-bond acceptors (Lipinski definition) is 4. The molecule has 0 radical (unpaired) electrons. The molecule has 1 N–H and O–H groups in total. The van der Waals surface area contributed by atoms with E-state index in [2.05, 4.69) is 24.3 Å². The minimum atomic E-state index is -0.242. The van der Waals surface area contributed by atoms with Crippen molar-refractivity contribution in [2.24, 2.45) is 5.92 Å². The van der Waals surface area contributed by atoms with Gasteiger partial charge < -0.3 is 10.2 Å². The van der Waals surface area contributed by atoms with E-state index in [9.17, 15) is 9.59 Å². The summed E-state index contributed by atoms with van der Waals surface area (Å²) in [5.74, 6) is 0.473. The Morgan fingerprint density at radius 2 is 2.05 bits per heavy atom. The predicted octanol–water partition coefficient (Wildman–Crippen LogP) is 1.32. The summed E-state index contributed by atoms with van der Waals surface area (Å²) in [4.78, 5) is 25.9. The van der Waals surface area contributed by atoms with E-state index in [-0.39, 0.29) is 18.0 Å². The molecule has 1 aromatic heterocycles. The van der Waals surface area contributed by atoms with Gasteiger partial charge in [-0.05, 0) is 25.2 Å². The zero-order valence-corrected chi connectivity index (χ0v) is 12.8. The summed E-state index contributed by atoms with van der Waals surface area (Å²) in [6.45, 7) is 6.60. The lowest BCUT2D eigenvalue weighted by atomic mass is 10.1. The van der Waals surface area contributed by atoms with Crippen LogP contribution in [0.2, 0.25) is 0 Å². The zero-order chi connectivity index (χ0) is 15.2. The normalized spacial score (nSPS) is 15.3. The third-order valence-corrected chi connectivity index (χ3v) is 3.58. The number of anilines is 1. The highest BCUT2D eigenvalue weighted by molar-refractivity contribution is 5.75. The van der Waals surface area contributed by atoms with Crippen molar-refractivity contribution in [3.05, 3.63) is 22.6 Å². The van der Waals surface area contributed by atoms with E-state index in [0.29, 0.717) is 11.6 Å². The molecule has 1 aliphatic heterocycles. The number of nitrogens with one attached hydrogen (secondary N) is 1. The van der Waals surface area contributed by atoms with Gasteiger partial charge in [-0.25, -0.2) is 4.68 Å². The topological polar surface area (TPSA) is 67.2 Å². The quantitative estimate of drug-likeness (QED) is 0.889. The Kier molecular flexibility index (Phi) is 5.36. The lowest BCUT2D eigenvalue weighted by Gasteiger charge is -2.26. The van der Waals surface area contributed by atoms with E-state index in [1.54, 1.807) is 6.20 Å². The first-order valence-corrected chi connectivity index (χ1v) is 7.65. The van der Waals surface area contributed by atoms with Crippen LogP contribution in [0.3, 0.4) is 0 Å². The number of carbonyl (C=O) groups excluding carboxylic acids is 1. The summed E-state index contributed by atoms with van der Waals surface area (Å²) >= 11 is 0. The van der Waals surface area contributed by atoms with Crippen molar-refractivity contribution < 1.29 is 4.79 Å². The predicted molar refractivity (Wildman–Crippen MR) is 82.3 cm³/mol. The molecular weight excluding hydrogens is 268 g/mol. The first-order chi connectivity index (χ1) is 10.1. The van der Waals surface area contributed by atoms with Crippen LogP contribution in [0.5, 0.6) is 0 Å². The molecule has 6 nitrogen and oxygen atoms in total. The van der Waals surface area contributed by atoms with E-state index in [1.807, 2.05) is 4.90 Å². The van der Waals surface area contributed by atoms with Gasteiger partial charge in [0.1, 0.15) is 6.54 Å². The van der Waals surface area contributed by atoms with Crippen molar-refractivity contribution in [3.63, 3.8) is 0 Å². The molecule has 2 heterocycles. The van der Waals surface area contributed by atoms with Gasteiger partial charge in [-0.1, -0.05) is 13.8 Å². The van der Waals surface area contributed by atoms with Crippen LogP contribution in [0, 0.1) is 5.92 Å². The second-order valence-corrected chi connectivity index (χ2v) is 5.96. The smallest absolute Gasteiger partial charge is 0.269 e. The molecule has 0 aromatic carbocycles. The highest BCUT2D eigenvalue weighted by Crippen LogP contribution is 2.09. The van der Waals surface area contributed by atoms with E-state index in [4.69, 9.17) is 0 Å². The van der Waals surface area contributed by atoms with Crippen molar-refractivity contribution in [1.29, 1.82) is 0 Å². The van der Waals surface area contributed by atoms with E-state index < -0.39 is 0 Å². The van der Waals surface area contributed by atoms with Crippen LogP contribution < -0.4 is 10.9 Å². The molecular formula is C15H24N4O2. The van der Waals surface area contributed by atoms with E-state index in [1.165, 1.54) is 17.2 Å². The van der Waals surface area contributed by atoms with Gasteiger partial charge in [0.25, 0.3) is 5.56 Å². The van der Waals surface area contributed by atoms with Gasteiger partial charge in [-0.3, -0.25) is 9.59 Å². The summed E-state index contributed by atoms with van der Waals surface area (Å²) < 4.78 is 1.23. The standard InChI is InChI=1S/C15H24N4O2/c1-12(2)9-16-13-8-14(20)19(17-10-13)11-15(21)18-6-4-3-5-7-18/h8,10,12,16H,3-7,9,11H2,1-2H3. The van der Waals surface area contributed by atoms with Crippen LogP contribution in [-0.4, -0.2) is 40.2 Å². The second kappa shape index (κ2) is 7.24. The Morgan fingerprint density at radius 1 is 1.33 bits per heavy atom. The number of nitrogens with zero attached hydrogens (tertiary/aromatic N) is 3. The fourth-order valence-electron chi connectivity index (χ4n) is 2.34. The summed E-state index contributed by atoms with van der Waals surface area (Å²) in [7, 11) is 0. The SMILES string of the molecule is CC(C)CNc1cnn(CC(=O)N2CCCCC2)c(=O)c1. The fourth-order valence-corrected chi connectivity index (χ4v) is 2.34. The Balaban J connectivity index is 1.97. The van der Waals surface area contributed by atoms with Gasteiger partial charge in [-0.15, -0.1) is 0 Å². The highest BCUT2D eigenvalue weighted by Gasteiger charge is 2.17. The minimum absolute atomic E-state index is 0.0211. The molecule has 0 spiro atoms. The van der Waals surface area contributed by atoms with Crippen LogP contribution in [0.25, 0.3) is 0 Å². The minimum Gasteiger partial charge on any atom is -0.383 e. The Hall–Kier alpha value is -1.85. The number of rotatable bonds is 5. The van der Waals surface area contributed by atoms with E-state index in [0.717, 1.165) is 32.5 Å². The van der Waals surface area contributed by atoms with Crippen LogP contribution in [0.15, 0.2) is 17.1 Å². The largest absolute Gasteiger partial charge is 0.383 e. The molecule has 1 amide bonds. The highest BCUT2D eigenvalue weighted by atomic mass is 16.2. The molecule has 2 rings (SSSR count). The number of amides is 1. The van der Waals surface area contributed by atoms with Gasteiger partial charge in [0, 0.05) is 25.7 Å². The zero-order valence-electron chi connectivity index (χ0n) is 12.8. The molecule has 0 atom stereocenters. The lowest BCUT2D eigenvalue weighted by Crippen LogP contribution is -2.40. The average molecular weight is 292 g/mol. The number of likely N-dealkylation sites (tertiary alicyclic amines) is 1. The molecule has 21 heavy (non-hydrogen) atoms. The molecule has 1 saturated heterocycles. The average Bonchev–Trinajstić information content (AvgIpc) is 2.48. The first kappa shape index (κ1) is 15.5.